The predicted octanol–water partition coefficient (Wildman–Crippen LogP) is 4.71. The molecule has 2 aromatic heterocycles. The average Bonchev–Trinajstić information content (AvgIpc) is 3.56. The Morgan fingerprint density at radius 3 is 2.37 bits per heavy atom. The molecule has 2 aromatic carbocycles. The molecule has 1 aliphatic rings. The minimum atomic E-state index is -0.563. The molecule has 5 rings (SSSR count). The average molecular weight is 469 g/mol. The highest BCUT2D eigenvalue weighted by Crippen LogP contribution is 2.50. The molecule has 0 unspecified atom stereocenters. The van der Waals surface area contributed by atoms with E-state index in [9.17, 15) is 9.59 Å². The number of benzene rings is 2. The van der Waals surface area contributed by atoms with Crippen LogP contribution in [0.4, 0.5) is 16.2 Å². The monoisotopic (exact) mass is 468 g/mol. The fraction of sp³-hybridized carbons (Fsp3) is 0.259. The molecule has 0 aliphatic heterocycles. The minimum absolute atomic E-state index is 0.0802. The van der Waals surface area contributed by atoms with Crippen molar-refractivity contribution in [1.29, 1.82) is 0 Å². The molecule has 1 saturated carbocycles. The molecule has 8 heteroatoms. The second-order valence-electron chi connectivity index (χ2n) is 9.37. The van der Waals surface area contributed by atoms with Crippen LogP contribution in [-0.2, 0) is 17.3 Å². The van der Waals surface area contributed by atoms with Gasteiger partial charge in [-0.2, -0.15) is 5.10 Å². The van der Waals surface area contributed by atoms with Crippen LogP contribution in [0.3, 0.4) is 0 Å². The zero-order valence-corrected chi connectivity index (χ0v) is 20.3. The number of anilines is 2. The molecular weight excluding hydrogens is 440 g/mol. The summed E-state index contributed by atoms with van der Waals surface area (Å²) in [7, 11) is 5.43. The molecule has 4 aromatic rings. The van der Waals surface area contributed by atoms with Crippen LogP contribution in [0.15, 0.2) is 60.8 Å². The summed E-state index contributed by atoms with van der Waals surface area (Å²) in [6.45, 7) is 1.98. The van der Waals surface area contributed by atoms with E-state index in [1.807, 2.05) is 68.6 Å². The van der Waals surface area contributed by atoms with Gasteiger partial charge in [-0.3, -0.25) is 9.48 Å². The van der Waals surface area contributed by atoms with Crippen LogP contribution in [0.1, 0.15) is 24.1 Å². The zero-order chi connectivity index (χ0) is 24.7. The molecule has 1 fully saturated rings. The Bertz CT molecular complexity index is 1430. The molecule has 2 heterocycles. The smallest absolute Gasteiger partial charge is 0.323 e. The fourth-order valence-corrected chi connectivity index (χ4v) is 4.48. The van der Waals surface area contributed by atoms with E-state index in [4.69, 9.17) is 4.98 Å². The van der Waals surface area contributed by atoms with Gasteiger partial charge in [0.25, 0.3) is 0 Å². The number of aryl methyl sites for hydroxylation is 2. The summed E-state index contributed by atoms with van der Waals surface area (Å²) >= 11 is 0. The molecule has 8 nitrogen and oxygen atoms in total. The largest absolute Gasteiger partial charge is 0.348 e. The molecule has 0 saturated heterocycles. The molecule has 0 atom stereocenters. The molecule has 1 aliphatic carbocycles. The van der Waals surface area contributed by atoms with E-state index in [2.05, 4.69) is 15.7 Å². The highest BCUT2D eigenvalue weighted by molar-refractivity contribution is 6.00. The van der Waals surface area contributed by atoms with Gasteiger partial charge < -0.3 is 15.5 Å². The molecule has 0 bridgehead atoms. The first kappa shape index (κ1) is 22.6. The first-order valence-electron chi connectivity index (χ1n) is 11.6. The number of amides is 3. The topological polar surface area (TPSA) is 92.2 Å². The van der Waals surface area contributed by atoms with Crippen molar-refractivity contribution in [3.8, 4) is 11.1 Å². The summed E-state index contributed by atoms with van der Waals surface area (Å²) in [5.41, 5.74) is 5.38. The fourth-order valence-electron chi connectivity index (χ4n) is 4.48. The van der Waals surface area contributed by atoms with Gasteiger partial charge in [-0.05, 0) is 66.8 Å². The summed E-state index contributed by atoms with van der Waals surface area (Å²) in [6, 6.07) is 17.0. The number of carbonyl (C=O) groups is 2. The van der Waals surface area contributed by atoms with Crippen LogP contribution in [0, 0.1) is 6.92 Å². The van der Waals surface area contributed by atoms with Crippen LogP contribution < -0.4 is 10.6 Å². The van der Waals surface area contributed by atoms with E-state index in [0.717, 1.165) is 51.9 Å². The Balaban J connectivity index is 1.43. The lowest BCUT2D eigenvalue weighted by molar-refractivity contribution is -0.131. The third-order valence-corrected chi connectivity index (χ3v) is 6.49. The molecule has 0 spiro atoms. The number of hydrogen-bond donors (Lipinski definition) is 2. The Hall–Kier alpha value is -4.20. The number of likely N-dealkylation sites (N-methyl/N-ethyl adjacent to an activating group) is 1. The van der Waals surface area contributed by atoms with E-state index in [-0.39, 0.29) is 11.9 Å². The van der Waals surface area contributed by atoms with Gasteiger partial charge in [0.05, 0.1) is 17.3 Å². The van der Waals surface area contributed by atoms with Gasteiger partial charge >= 0.3 is 6.03 Å². The quantitative estimate of drug-likeness (QED) is 0.444. The van der Waals surface area contributed by atoms with Crippen molar-refractivity contribution in [2.24, 2.45) is 7.05 Å². The summed E-state index contributed by atoms with van der Waals surface area (Å²) < 4.78 is 1.74. The van der Waals surface area contributed by atoms with Crippen molar-refractivity contribution in [1.82, 2.24) is 19.7 Å². The maximum atomic E-state index is 12.9. The lowest BCUT2D eigenvalue weighted by Crippen LogP contribution is -2.34. The van der Waals surface area contributed by atoms with Gasteiger partial charge in [0, 0.05) is 37.9 Å². The Labute approximate surface area is 204 Å². The number of hydrogen-bond acceptors (Lipinski definition) is 4. The van der Waals surface area contributed by atoms with Crippen molar-refractivity contribution >= 4 is 34.3 Å². The summed E-state index contributed by atoms with van der Waals surface area (Å²) in [5.74, 6) is 0.0802. The highest BCUT2D eigenvalue weighted by Gasteiger charge is 2.53. The van der Waals surface area contributed by atoms with Gasteiger partial charge in [-0.15, -0.1) is 0 Å². The summed E-state index contributed by atoms with van der Waals surface area (Å²) in [5, 5.41) is 11.0. The van der Waals surface area contributed by atoms with Crippen molar-refractivity contribution < 1.29 is 9.59 Å². The summed E-state index contributed by atoms with van der Waals surface area (Å²) in [4.78, 5) is 31.9. The first-order valence-corrected chi connectivity index (χ1v) is 11.6. The maximum Gasteiger partial charge on any atom is 0.323 e. The molecule has 0 radical (unpaired) electrons. The second-order valence-corrected chi connectivity index (χ2v) is 9.37. The van der Waals surface area contributed by atoms with Crippen molar-refractivity contribution in [3.63, 3.8) is 0 Å². The Morgan fingerprint density at radius 1 is 1.00 bits per heavy atom. The third-order valence-electron chi connectivity index (χ3n) is 6.49. The lowest BCUT2D eigenvalue weighted by atomic mass is 9.95. The number of carbonyl (C=O) groups excluding carboxylic acids is 2. The normalized spacial score (nSPS) is 13.9. The lowest BCUT2D eigenvalue weighted by Gasteiger charge is -2.20. The number of aromatic nitrogens is 3. The van der Waals surface area contributed by atoms with Gasteiger partial charge in [-0.1, -0.05) is 24.3 Å². The number of nitrogens with one attached hydrogen (secondary N) is 2. The van der Waals surface area contributed by atoms with E-state index in [1.165, 1.54) is 0 Å². The standard InChI is InChI=1S/C27H28N6O2/c1-17-6-5-7-20(14-17)30-26(35)29-19-10-8-18(9-11-19)21-15-23(27(12-13-27)25(34)32(2)3)31-24-22(21)16-28-33(24)4/h5-11,14-16H,12-13H2,1-4H3,(H2,29,30,35). The molecule has 35 heavy (non-hydrogen) atoms. The number of fused-ring (bicyclic) bond motifs is 1. The van der Waals surface area contributed by atoms with Gasteiger partial charge in [0.2, 0.25) is 5.91 Å². The van der Waals surface area contributed by atoms with Gasteiger partial charge in [-0.25, -0.2) is 9.78 Å². The van der Waals surface area contributed by atoms with Crippen LogP contribution in [0.5, 0.6) is 0 Å². The van der Waals surface area contributed by atoms with Gasteiger partial charge in [0.15, 0.2) is 5.65 Å². The van der Waals surface area contributed by atoms with E-state index < -0.39 is 5.41 Å². The number of urea groups is 1. The van der Waals surface area contributed by atoms with Crippen molar-refractivity contribution in [2.75, 3.05) is 24.7 Å². The van der Waals surface area contributed by atoms with Crippen LogP contribution in [-0.4, -0.2) is 45.7 Å². The SMILES string of the molecule is Cc1cccc(NC(=O)Nc2ccc(-c3cc(C4(C(=O)N(C)C)CC4)nc4c3cnn4C)cc2)c1. The van der Waals surface area contributed by atoms with Crippen molar-refractivity contribution in [3.05, 3.63) is 72.1 Å². The first-order chi connectivity index (χ1) is 16.8. The van der Waals surface area contributed by atoms with E-state index in [0.29, 0.717) is 5.69 Å². The van der Waals surface area contributed by atoms with Crippen molar-refractivity contribution in [2.45, 2.75) is 25.2 Å². The van der Waals surface area contributed by atoms with Crippen LogP contribution in [0.2, 0.25) is 0 Å². The Morgan fingerprint density at radius 2 is 1.71 bits per heavy atom. The summed E-state index contributed by atoms with van der Waals surface area (Å²) in [6.07, 6.45) is 3.38. The maximum absolute atomic E-state index is 12.9. The minimum Gasteiger partial charge on any atom is -0.348 e. The van der Waals surface area contributed by atoms with Gasteiger partial charge in [0.1, 0.15) is 0 Å². The van der Waals surface area contributed by atoms with Crippen LogP contribution in [0.25, 0.3) is 22.2 Å². The number of rotatable bonds is 5. The molecule has 2 N–H and O–H groups in total. The second kappa shape index (κ2) is 8.54. The highest BCUT2D eigenvalue weighted by atomic mass is 16.2. The van der Waals surface area contributed by atoms with E-state index >= 15 is 0 Å². The molecule has 178 valence electrons. The molecular formula is C27H28N6O2. The third kappa shape index (κ3) is 4.23. The number of pyridine rings is 1. The number of nitrogens with zero attached hydrogens (tertiary/aromatic N) is 4. The zero-order valence-electron chi connectivity index (χ0n) is 20.3. The molecule has 3 amide bonds. The Kier molecular flexibility index (Phi) is 5.51. The predicted molar refractivity (Wildman–Crippen MR) is 137 cm³/mol. The van der Waals surface area contributed by atoms with Crippen LogP contribution >= 0.6 is 0 Å². The van der Waals surface area contributed by atoms with E-state index in [1.54, 1.807) is 29.9 Å².